The molecule has 2 heterocycles. The molecule has 1 N–H and O–H groups in total. The van der Waals surface area contributed by atoms with Crippen molar-refractivity contribution in [2.45, 2.75) is 6.92 Å². The minimum absolute atomic E-state index is 0.0198. The van der Waals surface area contributed by atoms with E-state index in [0.29, 0.717) is 16.5 Å². The first kappa shape index (κ1) is 19.3. The molecule has 0 radical (unpaired) electrons. The monoisotopic (exact) mass is 401 g/mol. The summed E-state index contributed by atoms with van der Waals surface area (Å²) < 4.78 is 14.6. The second-order valence-corrected chi connectivity index (χ2v) is 6.70. The number of benzene rings is 1. The number of ether oxygens (including phenoxy) is 2. The summed E-state index contributed by atoms with van der Waals surface area (Å²) in [6, 6.07) is 8.15. The molecule has 0 saturated carbocycles. The minimum Gasteiger partial charge on any atom is -0.465 e. The first-order valence-electron chi connectivity index (χ1n) is 8.01. The van der Waals surface area contributed by atoms with Gasteiger partial charge in [0.25, 0.3) is 5.91 Å². The van der Waals surface area contributed by atoms with Gasteiger partial charge < -0.3 is 19.2 Å². The maximum Gasteiger partial charge on any atom is 0.349 e. The van der Waals surface area contributed by atoms with Gasteiger partial charge in [0.2, 0.25) is 0 Å². The number of para-hydroxylation sites is 1. The largest absolute Gasteiger partial charge is 0.465 e. The van der Waals surface area contributed by atoms with Crippen molar-refractivity contribution in [3.05, 3.63) is 62.3 Å². The van der Waals surface area contributed by atoms with Gasteiger partial charge in [-0.05, 0) is 24.6 Å². The van der Waals surface area contributed by atoms with E-state index in [1.54, 1.807) is 24.3 Å². The SMILES string of the molecule is COC(=O)c1sc(NC(=O)c2cc3ccccc3oc2=O)c(C(=O)OC)c1C. The summed E-state index contributed by atoms with van der Waals surface area (Å²) in [6.45, 7) is 1.54. The summed E-state index contributed by atoms with van der Waals surface area (Å²) in [6.07, 6.45) is 0. The molecule has 3 aromatic rings. The number of amides is 1. The van der Waals surface area contributed by atoms with Gasteiger partial charge in [-0.15, -0.1) is 11.3 Å². The molecule has 28 heavy (non-hydrogen) atoms. The van der Waals surface area contributed by atoms with Gasteiger partial charge >= 0.3 is 17.6 Å². The van der Waals surface area contributed by atoms with Gasteiger partial charge in [-0.1, -0.05) is 18.2 Å². The van der Waals surface area contributed by atoms with Gasteiger partial charge in [-0.25, -0.2) is 14.4 Å². The van der Waals surface area contributed by atoms with Crippen molar-refractivity contribution in [2.75, 3.05) is 19.5 Å². The Hall–Kier alpha value is -3.46. The van der Waals surface area contributed by atoms with Gasteiger partial charge in [0.15, 0.2) is 0 Å². The molecule has 0 aliphatic rings. The average Bonchev–Trinajstić information content (AvgIpc) is 3.01. The summed E-state index contributed by atoms with van der Waals surface area (Å²) in [4.78, 5) is 49.1. The van der Waals surface area contributed by atoms with Gasteiger partial charge in [-0.3, -0.25) is 4.79 Å². The molecular weight excluding hydrogens is 386 g/mol. The summed E-state index contributed by atoms with van der Waals surface area (Å²) in [7, 11) is 2.39. The third-order valence-electron chi connectivity index (χ3n) is 4.02. The van der Waals surface area contributed by atoms with Gasteiger partial charge in [0.1, 0.15) is 21.0 Å². The Kier molecular flexibility index (Phi) is 5.27. The lowest BCUT2D eigenvalue weighted by molar-refractivity contribution is 0.0601. The molecule has 0 atom stereocenters. The number of thiophene rings is 1. The molecule has 9 heteroatoms. The standard InChI is InChI=1S/C19H15NO7S/c1-9-13(18(23)25-2)16(28-14(9)19(24)26-3)20-15(21)11-8-10-6-4-5-7-12(10)27-17(11)22/h4-8H,1-3H3,(H,20,21). The number of rotatable bonds is 4. The lowest BCUT2D eigenvalue weighted by Gasteiger charge is -2.06. The average molecular weight is 401 g/mol. The highest BCUT2D eigenvalue weighted by molar-refractivity contribution is 7.18. The van der Waals surface area contributed by atoms with E-state index in [4.69, 9.17) is 13.9 Å². The number of esters is 2. The molecule has 3 rings (SSSR count). The number of methoxy groups -OCH3 is 2. The number of hydrogen-bond acceptors (Lipinski definition) is 8. The van der Waals surface area contributed by atoms with Gasteiger partial charge in [0, 0.05) is 5.39 Å². The zero-order valence-electron chi connectivity index (χ0n) is 15.2. The molecule has 0 spiro atoms. The maximum atomic E-state index is 12.7. The van der Waals surface area contributed by atoms with Crippen LogP contribution >= 0.6 is 11.3 Å². The maximum absolute atomic E-state index is 12.7. The van der Waals surface area contributed by atoms with Crippen molar-refractivity contribution >= 4 is 45.2 Å². The summed E-state index contributed by atoms with van der Waals surface area (Å²) in [5, 5.41) is 3.14. The summed E-state index contributed by atoms with van der Waals surface area (Å²) in [5.74, 6) is -2.16. The Labute approximate surface area is 162 Å². The zero-order chi connectivity index (χ0) is 20.4. The van der Waals surface area contributed by atoms with E-state index < -0.39 is 23.5 Å². The Morgan fingerprint density at radius 2 is 1.75 bits per heavy atom. The zero-order valence-corrected chi connectivity index (χ0v) is 16.0. The molecule has 144 valence electrons. The van der Waals surface area contributed by atoms with Gasteiger partial charge in [-0.2, -0.15) is 0 Å². The topological polar surface area (TPSA) is 112 Å². The third-order valence-corrected chi connectivity index (χ3v) is 5.21. The number of nitrogens with one attached hydrogen (secondary N) is 1. The first-order valence-corrected chi connectivity index (χ1v) is 8.83. The normalized spacial score (nSPS) is 10.5. The lowest BCUT2D eigenvalue weighted by atomic mass is 10.1. The second-order valence-electron chi connectivity index (χ2n) is 5.68. The molecule has 0 unspecified atom stereocenters. The Morgan fingerprint density at radius 1 is 1.07 bits per heavy atom. The Morgan fingerprint density at radius 3 is 2.43 bits per heavy atom. The van der Waals surface area contributed by atoms with Crippen LogP contribution in [0.4, 0.5) is 5.00 Å². The van der Waals surface area contributed by atoms with Crippen LogP contribution in [0.15, 0.2) is 39.5 Å². The molecule has 8 nitrogen and oxygen atoms in total. The van der Waals surface area contributed by atoms with Crippen LogP contribution in [-0.2, 0) is 9.47 Å². The van der Waals surface area contributed by atoms with E-state index in [1.165, 1.54) is 27.2 Å². The van der Waals surface area contributed by atoms with Crippen molar-refractivity contribution in [1.82, 2.24) is 0 Å². The number of fused-ring (bicyclic) bond motifs is 1. The van der Waals surface area contributed by atoms with Crippen LogP contribution in [0.5, 0.6) is 0 Å². The van der Waals surface area contributed by atoms with Crippen molar-refractivity contribution in [2.24, 2.45) is 0 Å². The fourth-order valence-electron chi connectivity index (χ4n) is 2.63. The van der Waals surface area contributed by atoms with E-state index in [0.717, 1.165) is 11.3 Å². The van der Waals surface area contributed by atoms with Crippen LogP contribution in [0, 0.1) is 6.92 Å². The second kappa shape index (κ2) is 7.65. The van der Waals surface area contributed by atoms with E-state index in [-0.39, 0.29) is 21.0 Å². The smallest absolute Gasteiger partial charge is 0.349 e. The molecule has 0 saturated heterocycles. The molecular formula is C19H15NO7S. The third kappa shape index (κ3) is 3.39. The lowest BCUT2D eigenvalue weighted by Crippen LogP contribution is -2.21. The summed E-state index contributed by atoms with van der Waals surface area (Å²) >= 11 is 0.855. The number of hydrogen-bond donors (Lipinski definition) is 1. The molecule has 1 amide bonds. The van der Waals surface area contributed by atoms with E-state index in [9.17, 15) is 19.2 Å². The van der Waals surface area contributed by atoms with E-state index in [1.807, 2.05) is 0 Å². The van der Waals surface area contributed by atoms with Crippen LogP contribution in [0.1, 0.15) is 36.0 Å². The molecule has 0 aliphatic carbocycles. The fourth-order valence-corrected chi connectivity index (χ4v) is 3.74. The van der Waals surface area contributed by atoms with Crippen LogP contribution in [0.3, 0.4) is 0 Å². The molecule has 1 aromatic carbocycles. The van der Waals surface area contributed by atoms with Crippen molar-refractivity contribution in [1.29, 1.82) is 0 Å². The predicted octanol–water partition coefficient (Wildman–Crippen LogP) is 2.99. The highest BCUT2D eigenvalue weighted by Crippen LogP contribution is 2.34. The number of anilines is 1. The highest BCUT2D eigenvalue weighted by atomic mass is 32.1. The van der Waals surface area contributed by atoms with Crippen LogP contribution in [0.2, 0.25) is 0 Å². The Balaban J connectivity index is 2.05. The number of carbonyl (C=O) groups excluding carboxylic acids is 3. The van der Waals surface area contributed by atoms with Crippen LogP contribution in [-0.4, -0.2) is 32.1 Å². The van der Waals surface area contributed by atoms with E-state index in [2.05, 4.69) is 5.32 Å². The molecule has 2 aromatic heterocycles. The molecule has 0 bridgehead atoms. The molecule has 0 aliphatic heterocycles. The van der Waals surface area contributed by atoms with Gasteiger partial charge in [0.05, 0.1) is 19.8 Å². The predicted molar refractivity (Wildman–Crippen MR) is 102 cm³/mol. The van der Waals surface area contributed by atoms with E-state index >= 15 is 0 Å². The summed E-state index contributed by atoms with van der Waals surface area (Å²) in [5.41, 5.74) is -0.382. The Bertz CT molecular complexity index is 1160. The van der Waals surface area contributed by atoms with Crippen LogP contribution in [0.25, 0.3) is 11.0 Å². The number of carbonyl (C=O) groups is 3. The first-order chi connectivity index (χ1) is 13.4. The fraction of sp³-hybridized carbons (Fsp3) is 0.158. The van der Waals surface area contributed by atoms with Crippen LogP contribution < -0.4 is 10.9 Å². The minimum atomic E-state index is -0.822. The van der Waals surface area contributed by atoms with Crippen molar-refractivity contribution in [3.63, 3.8) is 0 Å². The van der Waals surface area contributed by atoms with Crippen molar-refractivity contribution < 1.29 is 28.3 Å². The van der Waals surface area contributed by atoms with Crippen molar-refractivity contribution in [3.8, 4) is 0 Å². The highest BCUT2D eigenvalue weighted by Gasteiger charge is 2.27. The quantitative estimate of drug-likeness (QED) is 0.528. The molecule has 0 fully saturated rings.